The molecule has 1 fully saturated rings. The Morgan fingerprint density at radius 3 is 3.05 bits per heavy atom. The van der Waals surface area contributed by atoms with Crippen molar-refractivity contribution in [2.75, 3.05) is 11.5 Å². The molecule has 1 aliphatic rings. The Balaban J connectivity index is 1.83. The van der Waals surface area contributed by atoms with E-state index in [-0.39, 0.29) is 5.91 Å². The highest BCUT2D eigenvalue weighted by molar-refractivity contribution is 7.99. The van der Waals surface area contributed by atoms with Gasteiger partial charge in [-0.15, -0.1) is 0 Å². The minimum Gasteiger partial charge on any atom is -0.333 e. The fraction of sp³-hybridized carbons (Fsp3) is 0.333. The number of aryl methyl sites for hydroxylation is 1. The number of benzene rings is 1. The van der Waals surface area contributed by atoms with Crippen molar-refractivity contribution in [3.05, 3.63) is 35.7 Å². The Bertz CT molecular complexity index is 742. The van der Waals surface area contributed by atoms with Crippen LogP contribution in [0.25, 0.3) is 11.4 Å². The number of aromatic nitrogens is 3. The lowest BCUT2D eigenvalue weighted by Crippen LogP contribution is -2.47. The number of thioether (sulfide) groups is 1. The van der Waals surface area contributed by atoms with Gasteiger partial charge in [-0.05, 0) is 31.2 Å². The van der Waals surface area contributed by atoms with E-state index in [0.29, 0.717) is 23.6 Å². The first-order valence-electron chi connectivity index (χ1n) is 6.93. The van der Waals surface area contributed by atoms with E-state index < -0.39 is 5.54 Å². The van der Waals surface area contributed by atoms with E-state index in [1.54, 1.807) is 30.0 Å². The van der Waals surface area contributed by atoms with E-state index >= 15 is 0 Å². The summed E-state index contributed by atoms with van der Waals surface area (Å²) in [4.78, 5) is 16.7. The fourth-order valence-corrected chi connectivity index (χ4v) is 3.61. The molecule has 0 radical (unpaired) electrons. The van der Waals surface area contributed by atoms with Gasteiger partial charge in [0, 0.05) is 16.9 Å². The summed E-state index contributed by atoms with van der Waals surface area (Å²) in [5, 5.41) is 19.1. The molecule has 3 rings (SSSR count). The third-order valence-electron chi connectivity index (χ3n) is 3.57. The Morgan fingerprint density at radius 1 is 1.55 bits per heavy atom. The molecule has 2 heterocycles. The molecule has 1 saturated heterocycles. The second-order valence-corrected chi connectivity index (χ2v) is 6.38. The van der Waals surface area contributed by atoms with E-state index in [4.69, 9.17) is 0 Å². The molecule has 1 aromatic carbocycles. The zero-order chi connectivity index (χ0) is 15.6. The first-order chi connectivity index (χ1) is 10.6. The molecule has 112 valence electrons. The summed E-state index contributed by atoms with van der Waals surface area (Å²) in [6.45, 7) is 1.82. The third-order valence-corrected chi connectivity index (χ3v) is 4.76. The van der Waals surface area contributed by atoms with E-state index in [0.717, 1.165) is 17.1 Å². The van der Waals surface area contributed by atoms with Crippen molar-refractivity contribution >= 4 is 17.7 Å². The number of hydrogen-bond donors (Lipinski definition) is 2. The second-order valence-electron chi connectivity index (χ2n) is 5.28. The number of carbonyl (C=O) groups is 1. The van der Waals surface area contributed by atoms with Gasteiger partial charge < -0.3 is 5.32 Å². The van der Waals surface area contributed by atoms with Crippen molar-refractivity contribution in [2.24, 2.45) is 0 Å². The predicted molar refractivity (Wildman–Crippen MR) is 84.3 cm³/mol. The fourth-order valence-electron chi connectivity index (χ4n) is 2.34. The van der Waals surface area contributed by atoms with Gasteiger partial charge in [-0.3, -0.25) is 9.89 Å². The Labute approximate surface area is 132 Å². The summed E-state index contributed by atoms with van der Waals surface area (Å²) in [5.74, 6) is 2.56. The second kappa shape index (κ2) is 5.81. The van der Waals surface area contributed by atoms with Crippen LogP contribution in [0.15, 0.2) is 24.3 Å². The summed E-state index contributed by atoms with van der Waals surface area (Å²) < 4.78 is 0. The van der Waals surface area contributed by atoms with Gasteiger partial charge in [-0.2, -0.15) is 22.1 Å². The van der Waals surface area contributed by atoms with Gasteiger partial charge >= 0.3 is 0 Å². The molecule has 7 heteroatoms. The molecule has 0 saturated carbocycles. The number of H-pyrrole nitrogens is 1. The van der Waals surface area contributed by atoms with Gasteiger partial charge in [0.25, 0.3) is 5.91 Å². The number of aromatic amines is 1. The van der Waals surface area contributed by atoms with Crippen molar-refractivity contribution in [3.8, 4) is 17.5 Å². The van der Waals surface area contributed by atoms with Crippen LogP contribution in [0.5, 0.6) is 0 Å². The van der Waals surface area contributed by atoms with Crippen LogP contribution in [0.3, 0.4) is 0 Å². The molecule has 22 heavy (non-hydrogen) atoms. The summed E-state index contributed by atoms with van der Waals surface area (Å²) in [7, 11) is 0. The van der Waals surface area contributed by atoms with Crippen LogP contribution < -0.4 is 5.32 Å². The van der Waals surface area contributed by atoms with Crippen LogP contribution in [-0.4, -0.2) is 38.1 Å². The number of hydrogen-bond acceptors (Lipinski definition) is 5. The smallest absolute Gasteiger partial charge is 0.252 e. The molecule has 0 aliphatic carbocycles. The number of nitrogens with zero attached hydrogens (tertiary/aromatic N) is 3. The summed E-state index contributed by atoms with van der Waals surface area (Å²) in [5.41, 5.74) is 0.522. The molecule has 1 aliphatic heterocycles. The Kier molecular flexibility index (Phi) is 3.86. The number of nitriles is 1. The van der Waals surface area contributed by atoms with Gasteiger partial charge in [0.2, 0.25) is 0 Å². The average Bonchev–Trinajstić information content (AvgIpc) is 3.17. The van der Waals surface area contributed by atoms with E-state index in [2.05, 4.69) is 26.6 Å². The highest BCUT2D eigenvalue weighted by Gasteiger charge is 2.36. The topological polar surface area (TPSA) is 94.5 Å². The van der Waals surface area contributed by atoms with E-state index in [9.17, 15) is 10.1 Å². The minimum atomic E-state index is -0.751. The van der Waals surface area contributed by atoms with E-state index in [1.165, 1.54) is 0 Å². The molecule has 1 amide bonds. The van der Waals surface area contributed by atoms with Crippen LogP contribution in [0.4, 0.5) is 0 Å². The lowest BCUT2D eigenvalue weighted by atomic mass is 10.00. The SMILES string of the molecule is Cc1nc(-c2cccc(C(=O)N[C@@]3(C#N)CCSC3)c2)n[nH]1. The van der Waals surface area contributed by atoms with Gasteiger partial charge in [-0.25, -0.2) is 4.98 Å². The zero-order valence-corrected chi connectivity index (χ0v) is 12.9. The molecular weight excluding hydrogens is 298 g/mol. The van der Waals surface area contributed by atoms with Crippen molar-refractivity contribution in [3.63, 3.8) is 0 Å². The number of amides is 1. The molecule has 0 unspecified atom stereocenters. The lowest BCUT2D eigenvalue weighted by molar-refractivity contribution is 0.0926. The molecule has 0 bridgehead atoms. The maximum Gasteiger partial charge on any atom is 0.252 e. The molecule has 1 aromatic heterocycles. The maximum absolute atomic E-state index is 12.4. The van der Waals surface area contributed by atoms with Crippen molar-refractivity contribution in [1.29, 1.82) is 5.26 Å². The number of rotatable bonds is 3. The monoisotopic (exact) mass is 313 g/mol. The van der Waals surface area contributed by atoms with Gasteiger partial charge in [0.05, 0.1) is 6.07 Å². The van der Waals surface area contributed by atoms with Crippen LogP contribution in [0, 0.1) is 18.3 Å². The summed E-state index contributed by atoms with van der Waals surface area (Å²) in [6, 6.07) is 9.36. The predicted octanol–water partition coefficient (Wildman–Crippen LogP) is 1.91. The van der Waals surface area contributed by atoms with Crippen molar-refractivity contribution < 1.29 is 4.79 Å². The van der Waals surface area contributed by atoms with Gasteiger partial charge in [0.15, 0.2) is 5.82 Å². The largest absolute Gasteiger partial charge is 0.333 e. The van der Waals surface area contributed by atoms with Crippen LogP contribution >= 0.6 is 11.8 Å². The molecule has 2 aromatic rings. The highest BCUT2D eigenvalue weighted by atomic mass is 32.2. The quantitative estimate of drug-likeness (QED) is 0.902. The minimum absolute atomic E-state index is 0.238. The Morgan fingerprint density at radius 2 is 2.41 bits per heavy atom. The van der Waals surface area contributed by atoms with Crippen LogP contribution in [0.2, 0.25) is 0 Å². The summed E-state index contributed by atoms with van der Waals surface area (Å²) >= 11 is 1.68. The van der Waals surface area contributed by atoms with Crippen molar-refractivity contribution in [1.82, 2.24) is 20.5 Å². The standard InChI is InChI=1S/C15H15N5OS/c1-10-17-13(20-19-10)11-3-2-4-12(7-11)14(21)18-15(8-16)5-6-22-9-15/h2-4,7H,5-6,9H2,1H3,(H,18,21)(H,17,19,20)/t15-/m1/s1. The average molecular weight is 313 g/mol. The molecule has 1 atom stereocenters. The molecular formula is C15H15N5OS. The zero-order valence-electron chi connectivity index (χ0n) is 12.1. The number of carbonyl (C=O) groups excluding carboxylic acids is 1. The van der Waals surface area contributed by atoms with Gasteiger partial charge in [-0.1, -0.05) is 12.1 Å². The molecule has 0 spiro atoms. The normalized spacial score (nSPS) is 20.5. The highest BCUT2D eigenvalue weighted by Crippen LogP contribution is 2.28. The van der Waals surface area contributed by atoms with Crippen LogP contribution in [0.1, 0.15) is 22.6 Å². The molecule has 6 nitrogen and oxygen atoms in total. The Hall–Kier alpha value is -2.33. The lowest BCUT2D eigenvalue weighted by Gasteiger charge is -2.21. The first-order valence-corrected chi connectivity index (χ1v) is 8.08. The summed E-state index contributed by atoms with van der Waals surface area (Å²) in [6.07, 6.45) is 0.680. The van der Waals surface area contributed by atoms with Crippen LogP contribution in [-0.2, 0) is 0 Å². The van der Waals surface area contributed by atoms with E-state index in [1.807, 2.05) is 13.0 Å². The van der Waals surface area contributed by atoms with Crippen molar-refractivity contribution in [2.45, 2.75) is 18.9 Å². The van der Waals surface area contributed by atoms with Gasteiger partial charge in [0.1, 0.15) is 11.4 Å². The first kappa shape index (κ1) is 14.6. The maximum atomic E-state index is 12.4. The third kappa shape index (κ3) is 2.83. The number of nitrogens with one attached hydrogen (secondary N) is 2. The molecule has 2 N–H and O–H groups in total.